The quantitative estimate of drug-likeness (QED) is 0.595. The van der Waals surface area contributed by atoms with Gasteiger partial charge in [0.25, 0.3) is 5.91 Å². The number of rotatable bonds is 6. The van der Waals surface area contributed by atoms with Crippen LogP contribution in [0.2, 0.25) is 0 Å². The second-order valence-electron chi connectivity index (χ2n) is 5.49. The van der Waals surface area contributed by atoms with Crippen LogP contribution in [0.3, 0.4) is 0 Å². The predicted molar refractivity (Wildman–Crippen MR) is 90.2 cm³/mol. The fourth-order valence-corrected chi connectivity index (χ4v) is 3.98. The van der Waals surface area contributed by atoms with Gasteiger partial charge >= 0.3 is 0 Å². The number of thioether (sulfide) groups is 1. The number of hydrogen-bond donors (Lipinski definition) is 2. The second-order valence-corrected chi connectivity index (χ2v) is 7.69. The van der Waals surface area contributed by atoms with Gasteiger partial charge < -0.3 is 9.84 Å². The molecule has 0 radical (unpaired) electrons. The van der Waals surface area contributed by atoms with Gasteiger partial charge in [-0.1, -0.05) is 41.1 Å². The number of aryl methyl sites for hydroxylation is 1. The van der Waals surface area contributed by atoms with Crippen molar-refractivity contribution in [2.75, 3.05) is 11.1 Å². The van der Waals surface area contributed by atoms with E-state index in [0.29, 0.717) is 27.0 Å². The fourth-order valence-electron chi connectivity index (χ4n) is 2.42. The van der Waals surface area contributed by atoms with E-state index in [0.717, 1.165) is 12.8 Å². The Bertz CT molecular complexity index is 724. The van der Waals surface area contributed by atoms with E-state index < -0.39 is 5.91 Å². The Balaban J connectivity index is 1.46. The van der Waals surface area contributed by atoms with Gasteiger partial charge in [-0.3, -0.25) is 14.9 Å². The van der Waals surface area contributed by atoms with E-state index in [9.17, 15) is 9.59 Å². The molecule has 3 rings (SSSR count). The Morgan fingerprint density at radius 1 is 1.38 bits per heavy atom. The molecule has 0 bridgehead atoms. The van der Waals surface area contributed by atoms with Gasteiger partial charge in [0.15, 0.2) is 10.0 Å². The van der Waals surface area contributed by atoms with Crippen molar-refractivity contribution < 1.29 is 14.1 Å². The molecule has 0 saturated heterocycles. The SMILES string of the molecule is Cc1cc(C(=O)Nc2nnc(SCC(=O)NC3CCCC3)s2)no1. The first-order chi connectivity index (χ1) is 11.6. The summed E-state index contributed by atoms with van der Waals surface area (Å²) in [7, 11) is 0. The normalized spacial score (nSPS) is 14.7. The summed E-state index contributed by atoms with van der Waals surface area (Å²) in [5.41, 5.74) is 0.188. The van der Waals surface area contributed by atoms with E-state index >= 15 is 0 Å². The highest BCUT2D eigenvalue weighted by atomic mass is 32.2. The predicted octanol–water partition coefficient (Wildman–Crippen LogP) is 2.24. The van der Waals surface area contributed by atoms with Crippen LogP contribution in [0.4, 0.5) is 5.13 Å². The minimum absolute atomic E-state index is 0.00533. The highest BCUT2D eigenvalue weighted by Crippen LogP contribution is 2.26. The molecule has 2 N–H and O–H groups in total. The maximum Gasteiger partial charge on any atom is 0.279 e. The number of nitrogens with zero attached hydrogens (tertiary/aromatic N) is 3. The molecule has 2 aromatic rings. The highest BCUT2D eigenvalue weighted by molar-refractivity contribution is 8.01. The van der Waals surface area contributed by atoms with E-state index in [1.165, 1.54) is 35.9 Å². The fraction of sp³-hybridized carbons (Fsp3) is 0.500. The first-order valence-electron chi connectivity index (χ1n) is 7.60. The molecule has 1 fully saturated rings. The molecule has 0 atom stereocenters. The molecule has 10 heteroatoms. The smallest absolute Gasteiger partial charge is 0.279 e. The van der Waals surface area contributed by atoms with Crippen LogP contribution < -0.4 is 10.6 Å². The standard InChI is InChI=1S/C14H17N5O3S2/c1-8-6-10(19-22-8)12(21)16-13-17-18-14(24-13)23-7-11(20)15-9-4-2-3-5-9/h6,9H,2-5,7H2,1H3,(H,15,20)(H,16,17,21). The average Bonchev–Trinajstić information content (AvgIpc) is 3.27. The van der Waals surface area contributed by atoms with Gasteiger partial charge in [-0.05, 0) is 19.8 Å². The number of carbonyl (C=O) groups is 2. The maximum atomic E-state index is 11.9. The lowest BCUT2D eigenvalue weighted by Gasteiger charge is -2.10. The van der Waals surface area contributed by atoms with Crippen LogP contribution in [0, 0.1) is 6.92 Å². The Hall–Kier alpha value is -1.94. The summed E-state index contributed by atoms with van der Waals surface area (Å²) in [4.78, 5) is 23.8. The first kappa shape index (κ1) is 16.9. The van der Waals surface area contributed by atoms with Gasteiger partial charge in [0.2, 0.25) is 11.0 Å². The topological polar surface area (TPSA) is 110 Å². The summed E-state index contributed by atoms with van der Waals surface area (Å²) in [6, 6.07) is 1.85. The van der Waals surface area contributed by atoms with E-state index in [-0.39, 0.29) is 11.6 Å². The Kier molecular flexibility index (Phi) is 5.46. The lowest BCUT2D eigenvalue weighted by atomic mass is 10.2. The molecule has 0 spiro atoms. The third-order valence-electron chi connectivity index (χ3n) is 3.53. The van der Waals surface area contributed by atoms with Crippen molar-refractivity contribution in [3.8, 4) is 0 Å². The van der Waals surface area contributed by atoms with Gasteiger partial charge in [-0.15, -0.1) is 10.2 Å². The summed E-state index contributed by atoms with van der Waals surface area (Å²) in [5.74, 6) is 0.452. The Morgan fingerprint density at radius 2 is 2.17 bits per heavy atom. The van der Waals surface area contributed by atoms with E-state index in [2.05, 4.69) is 26.0 Å². The number of amides is 2. The lowest BCUT2D eigenvalue weighted by Crippen LogP contribution is -2.33. The summed E-state index contributed by atoms with van der Waals surface area (Å²) in [6.45, 7) is 1.71. The van der Waals surface area contributed by atoms with E-state index in [1.54, 1.807) is 13.0 Å². The van der Waals surface area contributed by atoms with Crippen LogP contribution in [-0.2, 0) is 4.79 Å². The molecule has 2 aromatic heterocycles. The van der Waals surface area contributed by atoms with Gasteiger partial charge in [-0.25, -0.2) is 0 Å². The van der Waals surface area contributed by atoms with Crippen molar-refractivity contribution >= 4 is 40.0 Å². The summed E-state index contributed by atoms with van der Waals surface area (Å²) < 4.78 is 5.48. The largest absolute Gasteiger partial charge is 0.361 e. The van der Waals surface area contributed by atoms with Gasteiger partial charge in [0, 0.05) is 12.1 Å². The lowest BCUT2D eigenvalue weighted by molar-refractivity contribution is -0.119. The number of nitrogens with one attached hydrogen (secondary N) is 2. The molecule has 0 aliphatic heterocycles. The van der Waals surface area contributed by atoms with Crippen molar-refractivity contribution in [3.63, 3.8) is 0 Å². The van der Waals surface area contributed by atoms with Crippen molar-refractivity contribution in [1.82, 2.24) is 20.7 Å². The molecular formula is C14H17N5O3S2. The van der Waals surface area contributed by atoms with Gasteiger partial charge in [0.1, 0.15) is 5.76 Å². The summed E-state index contributed by atoms with van der Waals surface area (Å²) in [6.07, 6.45) is 4.49. The van der Waals surface area contributed by atoms with E-state index in [4.69, 9.17) is 4.52 Å². The zero-order chi connectivity index (χ0) is 16.9. The molecule has 1 aliphatic carbocycles. The minimum Gasteiger partial charge on any atom is -0.361 e. The van der Waals surface area contributed by atoms with Crippen molar-refractivity contribution in [1.29, 1.82) is 0 Å². The number of aromatic nitrogens is 3. The molecule has 0 unspecified atom stereocenters. The molecule has 128 valence electrons. The molecule has 8 nitrogen and oxygen atoms in total. The van der Waals surface area contributed by atoms with Gasteiger partial charge in [-0.2, -0.15) is 0 Å². The van der Waals surface area contributed by atoms with Crippen LogP contribution in [-0.4, -0.2) is 39.0 Å². The van der Waals surface area contributed by atoms with Crippen LogP contribution in [0.1, 0.15) is 41.9 Å². The summed E-state index contributed by atoms with van der Waals surface area (Å²) >= 11 is 2.52. The van der Waals surface area contributed by atoms with Crippen molar-refractivity contribution in [3.05, 3.63) is 17.5 Å². The number of carbonyl (C=O) groups excluding carboxylic acids is 2. The monoisotopic (exact) mass is 367 g/mol. The summed E-state index contributed by atoms with van der Waals surface area (Å²) in [5, 5.41) is 17.5. The van der Waals surface area contributed by atoms with Crippen LogP contribution in [0.25, 0.3) is 0 Å². The van der Waals surface area contributed by atoms with E-state index in [1.807, 2.05) is 0 Å². The van der Waals surface area contributed by atoms with Crippen molar-refractivity contribution in [2.24, 2.45) is 0 Å². The third kappa shape index (κ3) is 4.54. The molecule has 0 aromatic carbocycles. The van der Waals surface area contributed by atoms with Crippen LogP contribution in [0.5, 0.6) is 0 Å². The van der Waals surface area contributed by atoms with Crippen molar-refractivity contribution in [2.45, 2.75) is 43.0 Å². The molecule has 2 amide bonds. The second kappa shape index (κ2) is 7.75. The molecule has 1 saturated carbocycles. The third-order valence-corrected chi connectivity index (χ3v) is 5.51. The molecular weight excluding hydrogens is 350 g/mol. The Labute approximate surface area is 146 Å². The minimum atomic E-state index is -0.404. The highest BCUT2D eigenvalue weighted by Gasteiger charge is 2.18. The molecule has 1 aliphatic rings. The number of hydrogen-bond acceptors (Lipinski definition) is 8. The Morgan fingerprint density at radius 3 is 2.88 bits per heavy atom. The first-order valence-corrected chi connectivity index (χ1v) is 9.40. The maximum absolute atomic E-state index is 11.9. The van der Waals surface area contributed by atoms with Crippen LogP contribution >= 0.6 is 23.1 Å². The average molecular weight is 367 g/mol. The van der Waals surface area contributed by atoms with Gasteiger partial charge in [0.05, 0.1) is 5.75 Å². The van der Waals surface area contributed by atoms with Crippen LogP contribution in [0.15, 0.2) is 14.9 Å². The zero-order valence-electron chi connectivity index (χ0n) is 13.1. The molecule has 24 heavy (non-hydrogen) atoms. The molecule has 2 heterocycles. The zero-order valence-corrected chi connectivity index (χ0v) is 14.7. The number of anilines is 1.